The molecule has 0 aromatic heterocycles. The van der Waals surface area contributed by atoms with Crippen LogP contribution < -0.4 is 0 Å². The minimum atomic E-state index is -0.744. The number of unbranched alkanes of at least 4 members (excludes halogenated alkanes) is 4. The number of rotatable bonds is 7. The summed E-state index contributed by atoms with van der Waals surface area (Å²) < 4.78 is 27.1. The third kappa shape index (κ3) is 4.66. The summed E-state index contributed by atoms with van der Waals surface area (Å²) in [6.07, 6.45) is 13.0. The zero-order valence-electron chi connectivity index (χ0n) is 13.0. The van der Waals surface area contributed by atoms with E-state index in [-0.39, 0.29) is 0 Å². The Morgan fingerprint density at radius 1 is 1.10 bits per heavy atom. The van der Waals surface area contributed by atoms with Crippen molar-refractivity contribution in [3.63, 3.8) is 0 Å². The molecule has 0 radical (unpaired) electrons. The molecule has 0 fully saturated rings. The van der Waals surface area contributed by atoms with Gasteiger partial charge in [0.2, 0.25) is 0 Å². The molecule has 2 rings (SSSR count). The largest absolute Gasteiger partial charge is 0.204 e. The first-order valence-electron chi connectivity index (χ1n) is 8.35. The molecule has 1 aliphatic carbocycles. The first-order chi connectivity index (χ1) is 10.2. The van der Waals surface area contributed by atoms with Crippen LogP contribution in [0.25, 0.3) is 5.57 Å². The fourth-order valence-corrected chi connectivity index (χ4v) is 3.18. The summed E-state index contributed by atoms with van der Waals surface area (Å²) in [7, 11) is 0. The Kier molecular flexibility index (Phi) is 6.41. The standard InChI is InChI=1S/C19H26F2/c1-2-3-4-5-6-8-15-11-13-16(14-12-15)17-9-7-10-18(20)19(17)21/h7,9-10,13,15H,2-6,8,11-12,14H2,1H3. The van der Waals surface area contributed by atoms with Crippen LogP contribution in [0.3, 0.4) is 0 Å². The highest BCUT2D eigenvalue weighted by molar-refractivity contribution is 5.66. The van der Waals surface area contributed by atoms with Gasteiger partial charge in [-0.25, -0.2) is 8.78 Å². The molecule has 1 aromatic carbocycles. The van der Waals surface area contributed by atoms with Gasteiger partial charge in [0.15, 0.2) is 11.6 Å². The molecule has 0 saturated carbocycles. The number of hydrogen-bond acceptors (Lipinski definition) is 0. The first kappa shape index (κ1) is 16.2. The summed E-state index contributed by atoms with van der Waals surface area (Å²) in [5.41, 5.74) is 1.44. The van der Waals surface area contributed by atoms with E-state index in [1.807, 2.05) is 0 Å². The van der Waals surface area contributed by atoms with Gasteiger partial charge < -0.3 is 0 Å². The molecule has 0 N–H and O–H groups in total. The summed E-state index contributed by atoms with van der Waals surface area (Å²) >= 11 is 0. The molecule has 0 aliphatic heterocycles. The molecule has 1 unspecified atom stereocenters. The second-order valence-electron chi connectivity index (χ2n) is 6.17. The highest BCUT2D eigenvalue weighted by atomic mass is 19.2. The van der Waals surface area contributed by atoms with E-state index in [1.165, 1.54) is 44.6 Å². The van der Waals surface area contributed by atoms with E-state index in [0.717, 1.165) is 30.8 Å². The van der Waals surface area contributed by atoms with Crippen LogP contribution in [0.5, 0.6) is 0 Å². The van der Waals surface area contributed by atoms with Crippen LogP contribution in [-0.4, -0.2) is 0 Å². The number of allylic oxidation sites excluding steroid dienone is 2. The summed E-state index contributed by atoms with van der Waals surface area (Å²) in [6.45, 7) is 2.24. The summed E-state index contributed by atoms with van der Waals surface area (Å²) in [4.78, 5) is 0. The molecule has 0 heterocycles. The van der Waals surface area contributed by atoms with Crippen LogP contribution in [0.15, 0.2) is 24.3 Å². The van der Waals surface area contributed by atoms with Gasteiger partial charge in [0.1, 0.15) is 0 Å². The maximum Gasteiger partial charge on any atom is 0.166 e. The van der Waals surface area contributed by atoms with Gasteiger partial charge >= 0.3 is 0 Å². The van der Waals surface area contributed by atoms with Gasteiger partial charge in [-0.2, -0.15) is 0 Å². The molecular formula is C19H26F2. The fraction of sp³-hybridized carbons (Fsp3) is 0.579. The highest BCUT2D eigenvalue weighted by Gasteiger charge is 2.18. The Labute approximate surface area is 127 Å². The van der Waals surface area contributed by atoms with Crippen molar-refractivity contribution in [1.82, 2.24) is 0 Å². The van der Waals surface area contributed by atoms with E-state index in [4.69, 9.17) is 0 Å². The smallest absolute Gasteiger partial charge is 0.166 e. The Morgan fingerprint density at radius 3 is 2.62 bits per heavy atom. The Balaban J connectivity index is 1.83. The topological polar surface area (TPSA) is 0 Å². The van der Waals surface area contributed by atoms with Crippen molar-refractivity contribution in [3.05, 3.63) is 41.5 Å². The summed E-state index contributed by atoms with van der Waals surface area (Å²) in [5, 5.41) is 0. The van der Waals surface area contributed by atoms with Crippen molar-refractivity contribution in [2.75, 3.05) is 0 Å². The minimum absolute atomic E-state index is 0.455. The lowest BCUT2D eigenvalue weighted by Gasteiger charge is -2.22. The first-order valence-corrected chi connectivity index (χ1v) is 8.35. The third-order valence-corrected chi connectivity index (χ3v) is 4.53. The molecule has 2 heteroatoms. The Morgan fingerprint density at radius 2 is 1.90 bits per heavy atom. The Bertz CT molecular complexity index is 476. The molecule has 0 bridgehead atoms. The van der Waals surface area contributed by atoms with Crippen LogP contribution in [-0.2, 0) is 0 Å². The summed E-state index contributed by atoms with van der Waals surface area (Å²) in [6, 6.07) is 4.46. The van der Waals surface area contributed by atoms with Gasteiger partial charge in [0, 0.05) is 5.56 Å². The van der Waals surface area contributed by atoms with Crippen molar-refractivity contribution in [3.8, 4) is 0 Å². The lowest BCUT2D eigenvalue weighted by Crippen LogP contribution is -2.06. The maximum absolute atomic E-state index is 13.8. The van der Waals surface area contributed by atoms with Crippen molar-refractivity contribution in [1.29, 1.82) is 0 Å². The van der Waals surface area contributed by atoms with Crippen molar-refractivity contribution in [2.45, 2.75) is 64.7 Å². The predicted molar refractivity (Wildman–Crippen MR) is 85.1 cm³/mol. The number of halogens is 2. The lowest BCUT2D eigenvalue weighted by molar-refractivity contribution is 0.422. The van der Waals surface area contributed by atoms with E-state index in [2.05, 4.69) is 13.0 Å². The summed E-state index contributed by atoms with van der Waals surface area (Å²) in [5.74, 6) is -0.708. The molecule has 116 valence electrons. The van der Waals surface area contributed by atoms with Gasteiger partial charge in [-0.3, -0.25) is 0 Å². The van der Waals surface area contributed by atoms with E-state index >= 15 is 0 Å². The SMILES string of the molecule is CCCCCCCC1CC=C(c2cccc(F)c2F)CC1. The molecule has 0 nitrogen and oxygen atoms in total. The molecule has 0 spiro atoms. The lowest BCUT2D eigenvalue weighted by atomic mass is 9.83. The molecule has 0 amide bonds. The predicted octanol–water partition coefficient (Wildman–Crippen LogP) is 6.51. The average molecular weight is 292 g/mol. The van der Waals surface area contributed by atoms with E-state index in [0.29, 0.717) is 5.56 Å². The number of hydrogen-bond donors (Lipinski definition) is 0. The molecule has 1 aromatic rings. The van der Waals surface area contributed by atoms with Gasteiger partial charge in [-0.05, 0) is 36.8 Å². The molecule has 1 atom stereocenters. The zero-order chi connectivity index (χ0) is 15.1. The normalized spacial score (nSPS) is 18.6. The zero-order valence-corrected chi connectivity index (χ0v) is 13.0. The molecule has 0 saturated heterocycles. The molecule has 21 heavy (non-hydrogen) atoms. The van der Waals surface area contributed by atoms with E-state index < -0.39 is 11.6 Å². The van der Waals surface area contributed by atoms with E-state index in [1.54, 1.807) is 12.1 Å². The van der Waals surface area contributed by atoms with Crippen LogP contribution >= 0.6 is 0 Å². The van der Waals surface area contributed by atoms with Crippen molar-refractivity contribution in [2.24, 2.45) is 5.92 Å². The van der Waals surface area contributed by atoms with Crippen LogP contribution in [0.4, 0.5) is 8.78 Å². The fourth-order valence-electron chi connectivity index (χ4n) is 3.18. The average Bonchev–Trinajstić information content (AvgIpc) is 2.51. The van der Waals surface area contributed by atoms with Crippen LogP contribution in [0.2, 0.25) is 0 Å². The quantitative estimate of drug-likeness (QED) is 0.502. The molecule has 1 aliphatic rings. The van der Waals surface area contributed by atoms with Gasteiger partial charge in [0.05, 0.1) is 0 Å². The van der Waals surface area contributed by atoms with Crippen LogP contribution in [0.1, 0.15) is 70.3 Å². The minimum Gasteiger partial charge on any atom is -0.204 e. The highest BCUT2D eigenvalue weighted by Crippen LogP contribution is 2.34. The molecular weight excluding hydrogens is 266 g/mol. The van der Waals surface area contributed by atoms with Gasteiger partial charge in [-0.15, -0.1) is 0 Å². The van der Waals surface area contributed by atoms with Gasteiger partial charge in [-0.1, -0.05) is 63.7 Å². The van der Waals surface area contributed by atoms with Crippen LogP contribution in [0, 0.1) is 17.6 Å². The Hall–Kier alpha value is -1.18. The van der Waals surface area contributed by atoms with Crippen molar-refractivity contribution >= 4 is 5.57 Å². The second kappa shape index (κ2) is 8.31. The monoisotopic (exact) mass is 292 g/mol. The van der Waals surface area contributed by atoms with E-state index in [9.17, 15) is 8.78 Å². The van der Waals surface area contributed by atoms with Crippen molar-refractivity contribution < 1.29 is 8.78 Å². The maximum atomic E-state index is 13.8. The number of benzene rings is 1. The van der Waals surface area contributed by atoms with Gasteiger partial charge in [0.25, 0.3) is 0 Å². The second-order valence-corrected chi connectivity index (χ2v) is 6.17. The third-order valence-electron chi connectivity index (χ3n) is 4.53.